The van der Waals surface area contributed by atoms with E-state index in [9.17, 15) is 18.0 Å². The van der Waals surface area contributed by atoms with Crippen molar-refractivity contribution in [1.29, 1.82) is 0 Å². The minimum Gasteiger partial charge on any atom is -0.383 e. The molecule has 1 fully saturated rings. The monoisotopic (exact) mass is 402 g/mol. The molecule has 2 aromatic carbocycles. The second-order valence-corrected chi connectivity index (χ2v) is 7.38. The average molecular weight is 402 g/mol. The molecule has 1 aliphatic rings. The number of fused-ring (bicyclic) bond motifs is 1. The van der Waals surface area contributed by atoms with E-state index in [1.54, 1.807) is 19.2 Å². The van der Waals surface area contributed by atoms with Crippen LogP contribution in [-0.2, 0) is 9.53 Å². The average Bonchev–Trinajstić information content (AvgIpc) is 3.01. The highest BCUT2D eigenvalue weighted by Crippen LogP contribution is 2.48. The highest BCUT2D eigenvalue weighted by atomic mass is 19.1. The molecule has 7 heteroatoms. The molecule has 0 atom stereocenters. The number of halogens is 3. The molecule has 4 nitrogen and oxygen atoms in total. The van der Waals surface area contributed by atoms with Gasteiger partial charge in [-0.2, -0.15) is 0 Å². The van der Waals surface area contributed by atoms with Gasteiger partial charge in [-0.05, 0) is 60.2 Å². The lowest BCUT2D eigenvalue weighted by molar-refractivity contribution is -0.128. The van der Waals surface area contributed by atoms with Crippen molar-refractivity contribution in [1.82, 2.24) is 10.3 Å². The Hall–Kier alpha value is -2.80. The van der Waals surface area contributed by atoms with Gasteiger partial charge >= 0.3 is 0 Å². The van der Waals surface area contributed by atoms with Crippen LogP contribution in [0.15, 0.2) is 36.4 Å². The third kappa shape index (κ3) is 3.74. The lowest BCUT2D eigenvalue weighted by Gasteiger charge is -2.35. The van der Waals surface area contributed by atoms with Crippen molar-refractivity contribution in [3.8, 4) is 11.3 Å². The maximum absolute atomic E-state index is 14.4. The third-order valence-electron chi connectivity index (χ3n) is 5.52. The van der Waals surface area contributed by atoms with Crippen molar-refractivity contribution in [2.75, 3.05) is 20.3 Å². The molecule has 1 aromatic heterocycles. The van der Waals surface area contributed by atoms with E-state index in [0.717, 1.165) is 11.6 Å². The Morgan fingerprint density at radius 2 is 1.86 bits per heavy atom. The van der Waals surface area contributed by atoms with E-state index in [1.807, 2.05) is 0 Å². The number of aromatic amines is 1. The summed E-state index contributed by atoms with van der Waals surface area (Å²) < 4.78 is 46.6. The molecule has 2 N–H and O–H groups in total. The van der Waals surface area contributed by atoms with Crippen LogP contribution in [0.3, 0.4) is 0 Å². The molecule has 1 amide bonds. The van der Waals surface area contributed by atoms with Crippen LogP contribution >= 0.6 is 0 Å². The zero-order valence-electron chi connectivity index (χ0n) is 15.9. The van der Waals surface area contributed by atoms with Gasteiger partial charge in [-0.3, -0.25) is 4.79 Å². The van der Waals surface area contributed by atoms with E-state index in [1.165, 1.54) is 18.2 Å². The van der Waals surface area contributed by atoms with Crippen LogP contribution < -0.4 is 5.32 Å². The molecule has 1 heterocycles. The predicted molar refractivity (Wildman–Crippen MR) is 104 cm³/mol. The van der Waals surface area contributed by atoms with Gasteiger partial charge in [0.05, 0.1) is 17.8 Å². The van der Waals surface area contributed by atoms with E-state index < -0.39 is 11.6 Å². The Morgan fingerprint density at radius 1 is 1.14 bits per heavy atom. The van der Waals surface area contributed by atoms with E-state index in [0.29, 0.717) is 42.6 Å². The van der Waals surface area contributed by atoms with Crippen molar-refractivity contribution in [3.05, 3.63) is 59.4 Å². The summed E-state index contributed by atoms with van der Waals surface area (Å²) in [7, 11) is 1.57. The highest BCUT2D eigenvalue weighted by Gasteiger charge is 2.38. The van der Waals surface area contributed by atoms with E-state index in [4.69, 9.17) is 4.74 Å². The second-order valence-electron chi connectivity index (χ2n) is 7.38. The van der Waals surface area contributed by atoms with Crippen molar-refractivity contribution in [3.63, 3.8) is 0 Å². The molecule has 0 unspecified atom stereocenters. The Morgan fingerprint density at radius 3 is 2.55 bits per heavy atom. The van der Waals surface area contributed by atoms with E-state index in [2.05, 4.69) is 10.3 Å². The summed E-state index contributed by atoms with van der Waals surface area (Å²) in [5.41, 5.74) is 2.30. The Balaban J connectivity index is 1.67. The number of rotatable bonds is 6. The molecule has 1 saturated carbocycles. The van der Waals surface area contributed by atoms with Gasteiger partial charge in [0, 0.05) is 31.0 Å². The summed E-state index contributed by atoms with van der Waals surface area (Å²) >= 11 is 0. The van der Waals surface area contributed by atoms with E-state index >= 15 is 0 Å². The summed E-state index contributed by atoms with van der Waals surface area (Å²) in [6, 6.07) is 8.01. The summed E-state index contributed by atoms with van der Waals surface area (Å²) in [5.74, 6) is -1.93. The van der Waals surface area contributed by atoms with Crippen LogP contribution in [0.2, 0.25) is 0 Å². The van der Waals surface area contributed by atoms with Crippen LogP contribution in [0.1, 0.15) is 24.3 Å². The summed E-state index contributed by atoms with van der Waals surface area (Å²) in [5, 5.41) is 3.29. The molecule has 1 aliphatic carbocycles. The first-order valence-corrected chi connectivity index (χ1v) is 9.51. The van der Waals surface area contributed by atoms with Gasteiger partial charge in [0.15, 0.2) is 0 Å². The minimum absolute atomic E-state index is 0.0248. The first-order valence-electron chi connectivity index (χ1n) is 9.51. The van der Waals surface area contributed by atoms with Crippen LogP contribution in [-0.4, -0.2) is 31.2 Å². The number of aromatic nitrogens is 1. The topological polar surface area (TPSA) is 54.1 Å². The lowest BCUT2D eigenvalue weighted by atomic mass is 9.70. The fraction of sp³-hybridized carbons (Fsp3) is 0.318. The zero-order valence-corrected chi connectivity index (χ0v) is 15.9. The van der Waals surface area contributed by atoms with Gasteiger partial charge in [-0.25, -0.2) is 13.2 Å². The fourth-order valence-corrected chi connectivity index (χ4v) is 4.00. The number of nitrogens with one attached hydrogen (secondary N) is 2. The maximum atomic E-state index is 14.4. The largest absolute Gasteiger partial charge is 0.383 e. The number of carbonyl (C=O) groups excluding carboxylic acids is 1. The zero-order chi connectivity index (χ0) is 20.5. The standard InChI is InChI=1S/C22H21F3N2O2/c1-29-7-6-26-22(28)14-8-13(9-14)19-17-10-16(24)11-18(25)21(17)27-20(19)12-2-4-15(23)5-3-12/h2-5,10-11,13-14,27H,6-9H2,1H3,(H,26,28)/t13-,14-. The molecular weight excluding hydrogens is 381 g/mol. The Labute approximate surface area is 166 Å². The molecule has 0 spiro atoms. The normalized spacial score (nSPS) is 18.6. The van der Waals surface area contributed by atoms with Crippen LogP contribution in [0.25, 0.3) is 22.2 Å². The minimum atomic E-state index is -0.678. The quantitative estimate of drug-likeness (QED) is 0.596. The van der Waals surface area contributed by atoms with Crippen LogP contribution in [0.5, 0.6) is 0 Å². The number of benzene rings is 2. The van der Waals surface area contributed by atoms with Gasteiger partial charge < -0.3 is 15.0 Å². The Bertz CT molecular complexity index is 1040. The number of carbonyl (C=O) groups is 1. The predicted octanol–water partition coefficient (Wildman–Crippen LogP) is 4.51. The summed E-state index contributed by atoms with van der Waals surface area (Å²) in [6.07, 6.45) is 1.16. The molecular formula is C22H21F3N2O2. The number of hydrogen-bond acceptors (Lipinski definition) is 2. The molecule has 3 aromatic rings. The lowest BCUT2D eigenvalue weighted by Crippen LogP contribution is -2.39. The second kappa shape index (κ2) is 7.91. The number of methoxy groups -OCH3 is 1. The molecule has 0 aliphatic heterocycles. The molecule has 29 heavy (non-hydrogen) atoms. The van der Waals surface area contributed by atoms with Gasteiger partial charge in [-0.1, -0.05) is 0 Å². The van der Waals surface area contributed by atoms with E-state index in [-0.39, 0.29) is 29.1 Å². The van der Waals surface area contributed by atoms with Gasteiger partial charge in [0.1, 0.15) is 17.5 Å². The molecule has 0 saturated heterocycles. The maximum Gasteiger partial charge on any atom is 0.223 e. The number of ether oxygens (including phenoxy) is 1. The van der Waals surface area contributed by atoms with Crippen molar-refractivity contribution in [2.45, 2.75) is 18.8 Å². The van der Waals surface area contributed by atoms with Gasteiger partial charge in [-0.15, -0.1) is 0 Å². The summed E-state index contributed by atoms with van der Waals surface area (Å²) in [6.45, 7) is 0.887. The molecule has 152 valence electrons. The van der Waals surface area contributed by atoms with Crippen LogP contribution in [0.4, 0.5) is 13.2 Å². The van der Waals surface area contributed by atoms with Crippen LogP contribution in [0, 0.1) is 23.4 Å². The van der Waals surface area contributed by atoms with Crippen molar-refractivity contribution >= 4 is 16.8 Å². The molecule has 4 rings (SSSR count). The number of amides is 1. The first kappa shape index (κ1) is 19.5. The van der Waals surface area contributed by atoms with Gasteiger partial charge in [0.25, 0.3) is 0 Å². The fourth-order valence-electron chi connectivity index (χ4n) is 4.00. The third-order valence-corrected chi connectivity index (χ3v) is 5.52. The highest BCUT2D eigenvalue weighted by molar-refractivity contribution is 5.92. The summed E-state index contributed by atoms with van der Waals surface area (Å²) in [4.78, 5) is 15.3. The smallest absolute Gasteiger partial charge is 0.223 e. The van der Waals surface area contributed by atoms with Crippen molar-refractivity contribution < 1.29 is 22.7 Å². The number of hydrogen-bond donors (Lipinski definition) is 2. The molecule has 0 bridgehead atoms. The number of H-pyrrole nitrogens is 1. The SMILES string of the molecule is COCCNC(=O)[C@H]1C[C@H](c2c(-c3ccc(F)cc3)[nH]c3c(F)cc(F)cc32)C1. The van der Waals surface area contributed by atoms with Crippen molar-refractivity contribution in [2.24, 2.45) is 5.92 Å². The molecule has 0 radical (unpaired) electrons. The first-order chi connectivity index (χ1) is 14.0. The van der Waals surface area contributed by atoms with Gasteiger partial charge in [0.2, 0.25) is 5.91 Å². The Kier molecular flexibility index (Phi) is 5.32.